The first-order chi connectivity index (χ1) is 13.2. The smallest absolute Gasteiger partial charge is 0.255 e. The predicted octanol–water partition coefficient (Wildman–Crippen LogP) is 5.37. The standard InChI is InChI=1S/C22H17N3OS/c1-15(22(26)24-14-23-16-8-2-3-9-17(16)24)25-18-10-4-6-12-20(18)27-21-13-7-5-11-19(21)25/h2-15H,1H3. The zero-order valence-corrected chi connectivity index (χ0v) is 15.6. The maximum atomic E-state index is 13.4. The molecular formula is C22H17N3OS. The van der Waals surface area contributed by atoms with Crippen LogP contribution in [0.5, 0.6) is 0 Å². The van der Waals surface area contributed by atoms with Gasteiger partial charge in [0, 0.05) is 9.79 Å². The summed E-state index contributed by atoms with van der Waals surface area (Å²) in [6.07, 6.45) is 1.63. The van der Waals surface area contributed by atoms with Crippen LogP contribution in [-0.4, -0.2) is 21.5 Å². The maximum Gasteiger partial charge on any atom is 0.255 e. The van der Waals surface area contributed by atoms with Gasteiger partial charge in [-0.2, -0.15) is 0 Å². The van der Waals surface area contributed by atoms with Crippen LogP contribution in [0.4, 0.5) is 11.4 Å². The highest BCUT2D eigenvalue weighted by Crippen LogP contribution is 2.48. The molecule has 1 aliphatic heterocycles. The van der Waals surface area contributed by atoms with Gasteiger partial charge in [-0.15, -0.1) is 0 Å². The molecule has 27 heavy (non-hydrogen) atoms. The third kappa shape index (κ3) is 2.54. The topological polar surface area (TPSA) is 38.1 Å². The number of rotatable bonds is 2. The molecule has 5 heteroatoms. The first kappa shape index (κ1) is 16.1. The summed E-state index contributed by atoms with van der Waals surface area (Å²) in [6.45, 7) is 1.96. The Hall–Kier alpha value is -3.05. The Balaban J connectivity index is 1.63. The zero-order valence-electron chi connectivity index (χ0n) is 14.7. The number of para-hydroxylation sites is 4. The molecule has 0 spiro atoms. The largest absolute Gasteiger partial charge is 0.327 e. The minimum absolute atomic E-state index is 0.000191. The van der Waals surface area contributed by atoms with Crippen molar-refractivity contribution in [3.63, 3.8) is 0 Å². The van der Waals surface area contributed by atoms with Gasteiger partial charge in [0.05, 0.1) is 22.4 Å². The van der Waals surface area contributed by atoms with E-state index in [1.54, 1.807) is 22.7 Å². The number of hydrogen-bond donors (Lipinski definition) is 0. The van der Waals surface area contributed by atoms with E-state index in [-0.39, 0.29) is 11.9 Å². The number of fused-ring (bicyclic) bond motifs is 3. The summed E-state index contributed by atoms with van der Waals surface area (Å²) < 4.78 is 1.66. The Morgan fingerprint density at radius 2 is 1.48 bits per heavy atom. The van der Waals surface area contributed by atoms with E-state index in [1.807, 2.05) is 55.5 Å². The van der Waals surface area contributed by atoms with Crippen LogP contribution < -0.4 is 4.90 Å². The summed E-state index contributed by atoms with van der Waals surface area (Å²) >= 11 is 1.74. The van der Waals surface area contributed by atoms with Crippen LogP contribution in [0.25, 0.3) is 11.0 Å². The normalized spacial score (nSPS) is 13.9. The fraction of sp³-hybridized carbons (Fsp3) is 0.0909. The Morgan fingerprint density at radius 3 is 2.19 bits per heavy atom. The molecule has 0 amide bonds. The highest BCUT2D eigenvalue weighted by molar-refractivity contribution is 7.99. The summed E-state index contributed by atoms with van der Waals surface area (Å²) in [7, 11) is 0. The molecule has 1 atom stereocenters. The number of nitrogens with zero attached hydrogens (tertiary/aromatic N) is 3. The third-order valence-corrected chi connectivity index (χ3v) is 6.04. The van der Waals surface area contributed by atoms with Crippen molar-refractivity contribution in [3.05, 3.63) is 79.1 Å². The fourth-order valence-electron chi connectivity index (χ4n) is 3.60. The Morgan fingerprint density at radius 1 is 0.889 bits per heavy atom. The molecule has 4 aromatic rings. The zero-order chi connectivity index (χ0) is 18.4. The minimum atomic E-state index is -0.370. The SMILES string of the molecule is CC(C(=O)n1cnc2ccccc21)N1c2ccccc2Sc2ccccc21. The van der Waals surface area contributed by atoms with E-state index in [9.17, 15) is 4.79 Å². The lowest BCUT2D eigenvalue weighted by molar-refractivity contribution is 0.0891. The van der Waals surface area contributed by atoms with Crippen molar-refractivity contribution in [2.75, 3.05) is 4.90 Å². The number of benzene rings is 3. The van der Waals surface area contributed by atoms with E-state index < -0.39 is 0 Å². The summed E-state index contributed by atoms with van der Waals surface area (Å²) in [5.74, 6) is 0.000191. The lowest BCUT2D eigenvalue weighted by Gasteiger charge is -2.36. The molecule has 5 rings (SSSR count). The van der Waals surface area contributed by atoms with Gasteiger partial charge in [0.25, 0.3) is 5.91 Å². The summed E-state index contributed by atoms with van der Waals surface area (Å²) in [6, 6.07) is 23.8. The predicted molar refractivity (Wildman–Crippen MR) is 109 cm³/mol. The number of carbonyl (C=O) groups excluding carboxylic acids is 1. The van der Waals surface area contributed by atoms with Crippen LogP contribution in [0.3, 0.4) is 0 Å². The van der Waals surface area contributed by atoms with E-state index >= 15 is 0 Å². The maximum absolute atomic E-state index is 13.4. The molecule has 0 N–H and O–H groups in total. The first-order valence-electron chi connectivity index (χ1n) is 8.85. The summed E-state index contributed by atoms with van der Waals surface area (Å²) in [4.78, 5) is 22.2. The lowest BCUT2D eigenvalue weighted by atomic mass is 10.1. The third-order valence-electron chi connectivity index (χ3n) is 4.91. The van der Waals surface area contributed by atoms with Gasteiger partial charge in [-0.1, -0.05) is 48.2 Å². The number of anilines is 2. The fourth-order valence-corrected chi connectivity index (χ4v) is 4.67. The lowest BCUT2D eigenvalue weighted by Crippen LogP contribution is -2.39. The molecule has 0 aliphatic carbocycles. The van der Waals surface area contributed by atoms with E-state index in [0.717, 1.165) is 32.2 Å². The summed E-state index contributed by atoms with van der Waals surface area (Å²) in [5, 5.41) is 0. The van der Waals surface area contributed by atoms with Gasteiger partial charge in [0.1, 0.15) is 12.4 Å². The molecule has 0 saturated heterocycles. The van der Waals surface area contributed by atoms with Crippen molar-refractivity contribution in [1.82, 2.24) is 9.55 Å². The molecular weight excluding hydrogens is 354 g/mol. The van der Waals surface area contributed by atoms with E-state index in [0.29, 0.717) is 0 Å². The average Bonchev–Trinajstić information content (AvgIpc) is 3.15. The Kier molecular flexibility index (Phi) is 3.76. The van der Waals surface area contributed by atoms with Gasteiger partial charge in [0.15, 0.2) is 0 Å². The quantitative estimate of drug-likeness (QED) is 0.475. The van der Waals surface area contributed by atoms with Crippen LogP contribution >= 0.6 is 11.8 Å². The number of aromatic nitrogens is 2. The molecule has 0 saturated carbocycles. The molecule has 0 bridgehead atoms. The molecule has 0 fully saturated rings. The van der Waals surface area contributed by atoms with Crippen LogP contribution in [0.2, 0.25) is 0 Å². The number of hydrogen-bond acceptors (Lipinski definition) is 4. The average molecular weight is 371 g/mol. The molecule has 3 aromatic carbocycles. The van der Waals surface area contributed by atoms with Gasteiger partial charge >= 0.3 is 0 Å². The second-order valence-electron chi connectivity index (χ2n) is 6.53. The van der Waals surface area contributed by atoms with Crippen molar-refractivity contribution >= 4 is 40.1 Å². The van der Waals surface area contributed by atoms with Gasteiger partial charge in [-0.3, -0.25) is 9.36 Å². The molecule has 1 aliphatic rings. The Bertz CT molecular complexity index is 1120. The van der Waals surface area contributed by atoms with Crippen LogP contribution in [0.15, 0.2) is 88.9 Å². The van der Waals surface area contributed by atoms with E-state index in [2.05, 4.69) is 34.1 Å². The van der Waals surface area contributed by atoms with Crippen molar-refractivity contribution in [2.24, 2.45) is 0 Å². The first-order valence-corrected chi connectivity index (χ1v) is 9.67. The monoisotopic (exact) mass is 371 g/mol. The van der Waals surface area contributed by atoms with Crippen LogP contribution in [-0.2, 0) is 0 Å². The summed E-state index contributed by atoms with van der Waals surface area (Å²) in [5.41, 5.74) is 3.79. The highest BCUT2D eigenvalue weighted by Gasteiger charge is 2.31. The van der Waals surface area contributed by atoms with Gasteiger partial charge < -0.3 is 4.90 Å². The molecule has 1 aromatic heterocycles. The highest BCUT2D eigenvalue weighted by atomic mass is 32.2. The van der Waals surface area contributed by atoms with Crippen molar-refractivity contribution in [2.45, 2.75) is 22.8 Å². The van der Waals surface area contributed by atoms with Crippen molar-refractivity contribution in [3.8, 4) is 0 Å². The number of imidazole rings is 1. The molecule has 4 nitrogen and oxygen atoms in total. The minimum Gasteiger partial charge on any atom is -0.327 e. The number of carbonyl (C=O) groups is 1. The second-order valence-corrected chi connectivity index (χ2v) is 7.61. The van der Waals surface area contributed by atoms with Crippen LogP contribution in [0.1, 0.15) is 11.7 Å². The van der Waals surface area contributed by atoms with Gasteiger partial charge in [-0.25, -0.2) is 4.98 Å². The van der Waals surface area contributed by atoms with E-state index in [1.165, 1.54) is 0 Å². The van der Waals surface area contributed by atoms with Gasteiger partial charge in [0.2, 0.25) is 0 Å². The van der Waals surface area contributed by atoms with Crippen molar-refractivity contribution < 1.29 is 4.79 Å². The molecule has 132 valence electrons. The molecule has 0 radical (unpaired) electrons. The van der Waals surface area contributed by atoms with Crippen molar-refractivity contribution in [1.29, 1.82) is 0 Å². The second kappa shape index (κ2) is 6.28. The van der Waals surface area contributed by atoms with Crippen LogP contribution in [0, 0.1) is 0 Å². The Labute approximate surface area is 161 Å². The van der Waals surface area contributed by atoms with E-state index in [4.69, 9.17) is 0 Å². The van der Waals surface area contributed by atoms with Gasteiger partial charge in [-0.05, 0) is 43.3 Å². The molecule has 2 heterocycles. The molecule has 1 unspecified atom stereocenters.